The minimum Gasteiger partial charge on any atom is -0.343 e. The third-order valence-electron chi connectivity index (χ3n) is 2.47. The SMILES string of the molecule is Cc1ccc(S(=O)N=CC2(C)OCCO2)cc1. The zero-order valence-electron chi connectivity index (χ0n) is 9.88. The molecule has 2 rings (SSSR count). The van der Waals surface area contributed by atoms with E-state index in [9.17, 15) is 4.21 Å². The van der Waals surface area contributed by atoms with Crippen LogP contribution >= 0.6 is 0 Å². The van der Waals surface area contributed by atoms with Crippen LogP contribution < -0.4 is 0 Å². The zero-order valence-corrected chi connectivity index (χ0v) is 10.7. The number of hydrogen-bond donors (Lipinski definition) is 0. The molecule has 1 saturated heterocycles. The van der Waals surface area contributed by atoms with Crippen LogP contribution in [0.5, 0.6) is 0 Å². The first-order chi connectivity index (χ1) is 8.09. The molecule has 0 bridgehead atoms. The molecule has 0 amide bonds. The Morgan fingerprint density at radius 2 is 1.88 bits per heavy atom. The summed E-state index contributed by atoms with van der Waals surface area (Å²) in [5.41, 5.74) is 1.13. The summed E-state index contributed by atoms with van der Waals surface area (Å²) in [5, 5.41) is 0. The maximum Gasteiger partial charge on any atom is 0.203 e. The molecule has 1 unspecified atom stereocenters. The Morgan fingerprint density at radius 3 is 2.47 bits per heavy atom. The van der Waals surface area contributed by atoms with Crippen LogP contribution in [-0.2, 0) is 20.5 Å². The summed E-state index contributed by atoms with van der Waals surface area (Å²) in [7, 11) is -1.40. The highest BCUT2D eigenvalue weighted by atomic mass is 32.2. The minimum atomic E-state index is -1.40. The van der Waals surface area contributed by atoms with Gasteiger partial charge in [0.05, 0.1) is 24.3 Å². The molecule has 0 aromatic heterocycles. The molecule has 17 heavy (non-hydrogen) atoms. The number of ether oxygens (including phenoxy) is 2. The Labute approximate surface area is 103 Å². The maximum absolute atomic E-state index is 11.9. The van der Waals surface area contributed by atoms with Gasteiger partial charge in [-0.1, -0.05) is 17.7 Å². The van der Waals surface area contributed by atoms with Crippen molar-refractivity contribution in [3.05, 3.63) is 29.8 Å². The lowest BCUT2D eigenvalue weighted by Crippen LogP contribution is -2.27. The Hall–Kier alpha value is -1.04. The Bertz CT molecular complexity index is 436. The second kappa shape index (κ2) is 5.08. The highest BCUT2D eigenvalue weighted by Crippen LogP contribution is 2.17. The number of nitrogens with zero attached hydrogens (tertiary/aromatic N) is 1. The van der Waals surface area contributed by atoms with Crippen LogP contribution in [-0.4, -0.2) is 29.4 Å². The second-order valence-corrected chi connectivity index (χ2v) is 5.19. The van der Waals surface area contributed by atoms with E-state index >= 15 is 0 Å². The normalized spacial score (nSPS) is 20.8. The van der Waals surface area contributed by atoms with Crippen molar-refractivity contribution in [2.45, 2.75) is 24.5 Å². The topological polar surface area (TPSA) is 47.9 Å². The first-order valence-corrected chi connectivity index (χ1v) is 6.51. The monoisotopic (exact) mass is 253 g/mol. The van der Waals surface area contributed by atoms with Crippen LogP contribution in [0.4, 0.5) is 0 Å². The van der Waals surface area contributed by atoms with E-state index < -0.39 is 16.8 Å². The van der Waals surface area contributed by atoms with Gasteiger partial charge in [0.1, 0.15) is 0 Å². The minimum absolute atomic E-state index is 0.541. The van der Waals surface area contributed by atoms with Gasteiger partial charge in [-0.2, -0.15) is 4.40 Å². The van der Waals surface area contributed by atoms with Crippen molar-refractivity contribution in [3.63, 3.8) is 0 Å². The van der Waals surface area contributed by atoms with Crippen molar-refractivity contribution in [3.8, 4) is 0 Å². The summed E-state index contributed by atoms with van der Waals surface area (Å²) in [5.74, 6) is -0.833. The third-order valence-corrected chi connectivity index (χ3v) is 3.44. The number of rotatable bonds is 3. The van der Waals surface area contributed by atoms with E-state index in [1.54, 1.807) is 6.92 Å². The van der Waals surface area contributed by atoms with Gasteiger partial charge in [0.25, 0.3) is 0 Å². The predicted molar refractivity (Wildman–Crippen MR) is 66.4 cm³/mol. The molecule has 1 aromatic rings. The molecule has 1 aliphatic rings. The standard InChI is InChI=1S/C12H15NO3S/c1-10-3-5-11(6-4-10)17(14)13-9-12(2)15-7-8-16-12/h3-6,9H,7-8H2,1-2H3. The molecule has 4 nitrogen and oxygen atoms in total. The molecular weight excluding hydrogens is 238 g/mol. The molecule has 0 N–H and O–H groups in total. The molecule has 1 heterocycles. The van der Waals surface area contributed by atoms with E-state index in [0.29, 0.717) is 18.1 Å². The van der Waals surface area contributed by atoms with E-state index in [1.807, 2.05) is 31.2 Å². The smallest absolute Gasteiger partial charge is 0.203 e. The first-order valence-electron chi connectivity index (χ1n) is 5.41. The largest absolute Gasteiger partial charge is 0.343 e. The molecule has 0 radical (unpaired) electrons. The number of aryl methyl sites for hydroxylation is 1. The third kappa shape index (κ3) is 3.21. The van der Waals surface area contributed by atoms with Crippen molar-refractivity contribution >= 4 is 17.2 Å². The lowest BCUT2D eigenvalue weighted by atomic mass is 10.2. The van der Waals surface area contributed by atoms with Gasteiger partial charge in [0, 0.05) is 0 Å². The summed E-state index contributed by atoms with van der Waals surface area (Å²) in [6.45, 7) is 4.83. The van der Waals surface area contributed by atoms with Crippen LogP contribution in [0, 0.1) is 6.92 Å². The Morgan fingerprint density at radius 1 is 1.29 bits per heavy atom. The summed E-state index contributed by atoms with van der Waals surface area (Å²) in [6.07, 6.45) is 1.47. The fourth-order valence-corrected chi connectivity index (χ4v) is 2.24. The first kappa shape index (κ1) is 12.4. The molecule has 1 fully saturated rings. The van der Waals surface area contributed by atoms with E-state index in [4.69, 9.17) is 9.47 Å². The van der Waals surface area contributed by atoms with Crippen molar-refractivity contribution in [2.75, 3.05) is 13.2 Å². The fraction of sp³-hybridized carbons (Fsp3) is 0.417. The van der Waals surface area contributed by atoms with Gasteiger partial charge in [-0.05, 0) is 26.0 Å². The number of hydrogen-bond acceptors (Lipinski definition) is 3. The van der Waals surface area contributed by atoms with E-state index in [-0.39, 0.29) is 0 Å². The Balaban J connectivity index is 2.06. The highest BCUT2D eigenvalue weighted by molar-refractivity contribution is 7.83. The molecule has 5 heteroatoms. The van der Waals surface area contributed by atoms with E-state index in [2.05, 4.69) is 4.40 Å². The van der Waals surface area contributed by atoms with Gasteiger partial charge in [0.15, 0.2) is 11.0 Å². The molecule has 1 atom stereocenters. The van der Waals surface area contributed by atoms with Crippen molar-refractivity contribution < 1.29 is 13.7 Å². The van der Waals surface area contributed by atoms with Crippen LogP contribution in [0.2, 0.25) is 0 Å². The molecule has 92 valence electrons. The molecule has 0 spiro atoms. The van der Waals surface area contributed by atoms with E-state index in [0.717, 1.165) is 5.56 Å². The summed E-state index contributed by atoms with van der Waals surface area (Å²) < 4.78 is 26.5. The second-order valence-electron chi connectivity index (χ2n) is 4.01. The molecular formula is C12H15NO3S. The number of benzene rings is 1. The summed E-state index contributed by atoms with van der Waals surface area (Å²) in [4.78, 5) is 0.674. The Kier molecular flexibility index (Phi) is 3.71. The van der Waals surface area contributed by atoms with Crippen LogP contribution in [0.1, 0.15) is 12.5 Å². The maximum atomic E-state index is 11.9. The van der Waals surface area contributed by atoms with Crippen LogP contribution in [0.25, 0.3) is 0 Å². The lowest BCUT2D eigenvalue weighted by molar-refractivity contribution is -0.0772. The van der Waals surface area contributed by atoms with Crippen molar-refractivity contribution in [1.82, 2.24) is 0 Å². The fourth-order valence-electron chi connectivity index (χ4n) is 1.46. The van der Waals surface area contributed by atoms with Crippen molar-refractivity contribution in [1.29, 1.82) is 0 Å². The lowest BCUT2D eigenvalue weighted by Gasteiger charge is -2.15. The summed E-state index contributed by atoms with van der Waals surface area (Å²) >= 11 is 0. The average Bonchev–Trinajstić information content (AvgIpc) is 2.75. The van der Waals surface area contributed by atoms with Gasteiger partial charge in [-0.3, -0.25) is 0 Å². The average molecular weight is 253 g/mol. The molecule has 1 aliphatic heterocycles. The highest BCUT2D eigenvalue weighted by Gasteiger charge is 2.29. The van der Waals surface area contributed by atoms with Gasteiger partial charge < -0.3 is 9.47 Å². The molecule has 0 saturated carbocycles. The van der Waals surface area contributed by atoms with Gasteiger partial charge >= 0.3 is 0 Å². The molecule has 0 aliphatic carbocycles. The quantitative estimate of drug-likeness (QED) is 0.772. The van der Waals surface area contributed by atoms with Crippen molar-refractivity contribution in [2.24, 2.45) is 4.40 Å². The predicted octanol–water partition coefficient (Wildman–Crippen LogP) is 1.85. The van der Waals surface area contributed by atoms with Gasteiger partial charge in [-0.25, -0.2) is 4.21 Å². The van der Waals surface area contributed by atoms with Crippen LogP contribution in [0.15, 0.2) is 33.6 Å². The zero-order chi connectivity index (χ0) is 12.3. The van der Waals surface area contributed by atoms with Gasteiger partial charge in [0.2, 0.25) is 5.79 Å². The molecule has 1 aromatic carbocycles. The van der Waals surface area contributed by atoms with Gasteiger partial charge in [-0.15, -0.1) is 0 Å². The van der Waals surface area contributed by atoms with E-state index in [1.165, 1.54) is 6.21 Å². The summed E-state index contributed by atoms with van der Waals surface area (Å²) in [6, 6.07) is 7.43. The van der Waals surface area contributed by atoms with Crippen LogP contribution in [0.3, 0.4) is 0 Å².